The molecule has 46 heavy (non-hydrogen) atoms. The monoisotopic (exact) mass is 630 g/mol. The van der Waals surface area contributed by atoms with E-state index in [1.165, 1.54) is 13.8 Å². The van der Waals surface area contributed by atoms with Crippen molar-refractivity contribution in [3.63, 3.8) is 0 Å². The van der Waals surface area contributed by atoms with Gasteiger partial charge in [0.05, 0.1) is 0 Å². The minimum atomic E-state index is -0.840. The Hall–Kier alpha value is -5.12. The molecule has 2 heterocycles. The quantitative estimate of drug-likeness (QED) is 0.156. The van der Waals surface area contributed by atoms with E-state index in [1.54, 1.807) is 24.3 Å². The van der Waals surface area contributed by atoms with Crippen LogP contribution in [0.15, 0.2) is 51.7 Å². The van der Waals surface area contributed by atoms with E-state index >= 15 is 0 Å². The Morgan fingerprint density at radius 2 is 1.59 bits per heavy atom. The number of carbonyl (C=O) groups excluding carboxylic acids is 3. The van der Waals surface area contributed by atoms with Crippen LogP contribution in [0.25, 0.3) is 28.4 Å². The number of fused-ring (bicyclic) bond motifs is 2. The molecule has 0 saturated heterocycles. The van der Waals surface area contributed by atoms with Gasteiger partial charge in [-0.1, -0.05) is 37.6 Å². The highest BCUT2D eigenvalue weighted by Gasteiger charge is 2.36. The Morgan fingerprint density at radius 1 is 0.978 bits per heavy atom. The van der Waals surface area contributed by atoms with Crippen molar-refractivity contribution in [2.45, 2.75) is 79.8 Å². The van der Waals surface area contributed by atoms with Gasteiger partial charge in [0.15, 0.2) is 17.3 Å². The highest BCUT2D eigenvalue weighted by molar-refractivity contribution is 5.95. The molecule has 1 aliphatic heterocycles. The number of esters is 3. The molecule has 0 aliphatic carbocycles. The van der Waals surface area contributed by atoms with Gasteiger partial charge in [-0.05, 0) is 51.8 Å². The maximum absolute atomic E-state index is 14.3. The number of aromatic hydroxyl groups is 1. The zero-order valence-corrected chi connectivity index (χ0v) is 27.5. The van der Waals surface area contributed by atoms with Crippen molar-refractivity contribution >= 4 is 35.0 Å². The van der Waals surface area contributed by atoms with Crippen LogP contribution in [0.2, 0.25) is 0 Å². The van der Waals surface area contributed by atoms with Gasteiger partial charge in [-0.25, -0.2) is 0 Å². The Kier molecular flexibility index (Phi) is 9.06. The number of carbonyl (C=O) groups is 3. The number of hydrogen-bond donors (Lipinski definition) is 1. The number of phenols is 1. The Bertz CT molecular complexity index is 1910. The molecular weight excluding hydrogens is 592 g/mol. The highest BCUT2D eigenvalue weighted by Crippen LogP contribution is 2.51. The van der Waals surface area contributed by atoms with E-state index in [0.717, 1.165) is 18.6 Å². The maximum Gasteiger partial charge on any atom is 0.308 e. The van der Waals surface area contributed by atoms with E-state index in [9.17, 15) is 24.3 Å². The summed E-state index contributed by atoms with van der Waals surface area (Å²) in [5.41, 5.74) is -0.151. The first-order valence-corrected chi connectivity index (χ1v) is 14.6. The molecule has 0 amide bonds. The Morgan fingerprint density at radius 3 is 2.15 bits per heavy atom. The van der Waals surface area contributed by atoms with E-state index in [4.69, 9.17) is 23.4 Å². The van der Waals surface area contributed by atoms with Crippen LogP contribution < -0.4 is 24.4 Å². The third-order valence-corrected chi connectivity index (χ3v) is 7.36. The van der Waals surface area contributed by atoms with Gasteiger partial charge < -0.3 is 28.5 Å². The predicted octanol–water partition coefficient (Wildman–Crippen LogP) is 7.10. The van der Waals surface area contributed by atoms with Gasteiger partial charge in [0.2, 0.25) is 11.2 Å². The fraction of sp³-hybridized carbons (Fsp3) is 0.333. The molecule has 0 saturated carbocycles. The molecule has 242 valence electrons. The minimum absolute atomic E-state index is 0.00630. The van der Waals surface area contributed by atoms with E-state index in [0.29, 0.717) is 22.3 Å². The molecule has 1 aliphatic rings. The molecule has 0 bridgehead atoms. The van der Waals surface area contributed by atoms with Gasteiger partial charge in [-0.2, -0.15) is 0 Å². The number of benzene rings is 2. The smallest absolute Gasteiger partial charge is 0.308 e. The van der Waals surface area contributed by atoms with Crippen LogP contribution in [0.5, 0.6) is 28.7 Å². The van der Waals surface area contributed by atoms with Gasteiger partial charge >= 0.3 is 17.9 Å². The van der Waals surface area contributed by atoms with Crippen LogP contribution in [0.4, 0.5) is 0 Å². The lowest BCUT2D eigenvalue weighted by Crippen LogP contribution is -2.29. The van der Waals surface area contributed by atoms with Gasteiger partial charge in [0.1, 0.15) is 28.1 Å². The normalized spacial score (nSPS) is 13.3. The highest BCUT2D eigenvalue weighted by atomic mass is 16.6. The van der Waals surface area contributed by atoms with Crippen LogP contribution in [-0.2, 0) is 26.2 Å². The molecule has 1 N–H and O–H groups in total. The molecule has 10 nitrogen and oxygen atoms in total. The second-order valence-corrected chi connectivity index (χ2v) is 12.4. The summed E-state index contributed by atoms with van der Waals surface area (Å²) < 4.78 is 29.4. The van der Waals surface area contributed by atoms with Crippen molar-refractivity contribution in [2.75, 3.05) is 0 Å². The summed E-state index contributed by atoms with van der Waals surface area (Å²) in [5.74, 6) is -2.90. The topological polar surface area (TPSA) is 139 Å². The fourth-order valence-electron chi connectivity index (χ4n) is 5.11. The summed E-state index contributed by atoms with van der Waals surface area (Å²) in [5, 5.41) is 10.8. The first-order valence-electron chi connectivity index (χ1n) is 14.6. The maximum atomic E-state index is 14.3. The molecule has 4 rings (SSSR count). The lowest BCUT2D eigenvalue weighted by molar-refractivity contribution is -0.133. The van der Waals surface area contributed by atoms with Crippen molar-refractivity contribution in [2.24, 2.45) is 0 Å². The SMILES string of the molecule is C=CC(C)(C)c1cc(OC(C)=O)c2c(c1-c1oc3c(CC=C(C)C)c(OC(C)=O)cc(O)c3c(=O)c1OC(C)=O)C=CC(C)(C)O2. The summed E-state index contributed by atoms with van der Waals surface area (Å²) in [6.07, 6.45) is 7.23. The first-order chi connectivity index (χ1) is 21.4. The van der Waals surface area contributed by atoms with Crippen molar-refractivity contribution in [1.29, 1.82) is 0 Å². The summed E-state index contributed by atoms with van der Waals surface area (Å²) in [4.78, 5) is 50.9. The van der Waals surface area contributed by atoms with Crippen LogP contribution in [0, 0.1) is 0 Å². The molecular formula is C36H38O10. The molecule has 2 aromatic carbocycles. The summed E-state index contributed by atoms with van der Waals surface area (Å²) >= 11 is 0. The molecule has 0 radical (unpaired) electrons. The molecule has 0 atom stereocenters. The second kappa shape index (κ2) is 12.3. The third-order valence-electron chi connectivity index (χ3n) is 7.36. The number of ether oxygens (including phenoxy) is 4. The van der Waals surface area contributed by atoms with E-state index < -0.39 is 45.9 Å². The number of phenolic OH excluding ortho intramolecular Hbond substituents is 1. The fourth-order valence-corrected chi connectivity index (χ4v) is 5.11. The molecule has 0 unspecified atom stereocenters. The van der Waals surface area contributed by atoms with Gasteiger partial charge in [-0.3, -0.25) is 19.2 Å². The third kappa shape index (κ3) is 6.61. The summed E-state index contributed by atoms with van der Waals surface area (Å²) in [6, 6.07) is 2.76. The first kappa shape index (κ1) is 33.8. The Labute approximate surface area is 266 Å². The molecule has 0 fully saturated rings. The van der Waals surface area contributed by atoms with Crippen LogP contribution in [0.3, 0.4) is 0 Å². The standard InChI is InChI=1S/C36H38O10/c1-11-35(7,8)24-16-27(43-20(5)38)31-23(14-15-36(9,10)46-31)28(24)33-34(44-21(6)39)30(41)29-25(40)17-26(42-19(4)37)22(32(29)45-33)13-12-18(2)3/h11-12,14-17,40H,1,13H2,2-10H3. The van der Waals surface area contributed by atoms with Gasteiger partial charge in [-0.15, -0.1) is 6.58 Å². The number of allylic oxidation sites excluding steroid dienone is 3. The zero-order chi connectivity index (χ0) is 34.3. The van der Waals surface area contributed by atoms with Crippen LogP contribution in [0.1, 0.15) is 79.0 Å². The number of rotatable bonds is 8. The van der Waals surface area contributed by atoms with Crippen molar-refractivity contribution in [1.82, 2.24) is 0 Å². The lowest BCUT2D eigenvalue weighted by Gasteiger charge is -2.33. The molecule has 10 heteroatoms. The van der Waals surface area contributed by atoms with Gasteiger partial charge in [0.25, 0.3) is 0 Å². The van der Waals surface area contributed by atoms with E-state index in [2.05, 4.69) is 6.58 Å². The molecule has 0 spiro atoms. The summed E-state index contributed by atoms with van der Waals surface area (Å²) in [6.45, 7) is 18.7. The minimum Gasteiger partial charge on any atom is -0.507 e. The Balaban J connectivity index is 2.31. The average Bonchev–Trinajstić information content (AvgIpc) is 2.92. The lowest BCUT2D eigenvalue weighted by atomic mass is 9.78. The second-order valence-electron chi connectivity index (χ2n) is 12.4. The summed E-state index contributed by atoms with van der Waals surface area (Å²) in [7, 11) is 0. The van der Waals surface area contributed by atoms with Crippen LogP contribution in [-0.4, -0.2) is 28.6 Å². The van der Waals surface area contributed by atoms with Crippen LogP contribution >= 0.6 is 0 Å². The molecule has 1 aromatic heterocycles. The van der Waals surface area contributed by atoms with Crippen molar-refractivity contribution in [3.05, 3.63) is 69.4 Å². The average molecular weight is 631 g/mol. The predicted molar refractivity (Wildman–Crippen MR) is 174 cm³/mol. The zero-order valence-electron chi connectivity index (χ0n) is 27.5. The van der Waals surface area contributed by atoms with E-state index in [1.807, 2.05) is 47.6 Å². The van der Waals surface area contributed by atoms with Gasteiger partial charge in [0, 0.05) is 48.9 Å². The van der Waals surface area contributed by atoms with E-state index in [-0.39, 0.29) is 40.4 Å². The molecule has 3 aromatic rings. The van der Waals surface area contributed by atoms with Crippen molar-refractivity contribution in [3.8, 4) is 40.1 Å². The largest absolute Gasteiger partial charge is 0.507 e. The number of hydrogen-bond acceptors (Lipinski definition) is 10. The van der Waals surface area contributed by atoms with Crippen molar-refractivity contribution < 1.29 is 42.9 Å².